The number of hydrogen-bond donors (Lipinski definition) is 1. The van der Waals surface area contributed by atoms with Crippen molar-refractivity contribution >= 4 is 12.4 Å². The summed E-state index contributed by atoms with van der Waals surface area (Å²) in [5, 5.41) is 3.53. The van der Waals surface area contributed by atoms with Crippen molar-refractivity contribution in [3.63, 3.8) is 0 Å². The van der Waals surface area contributed by atoms with Gasteiger partial charge in [0.15, 0.2) is 0 Å². The van der Waals surface area contributed by atoms with Gasteiger partial charge in [-0.2, -0.15) is 0 Å². The van der Waals surface area contributed by atoms with Gasteiger partial charge < -0.3 is 5.32 Å². The molecule has 20 heavy (non-hydrogen) atoms. The quantitative estimate of drug-likeness (QED) is 0.902. The van der Waals surface area contributed by atoms with E-state index in [1.807, 2.05) is 0 Å². The van der Waals surface area contributed by atoms with E-state index in [0.717, 1.165) is 6.54 Å². The molecule has 3 heteroatoms. The monoisotopic (exact) mass is 292 g/mol. The third kappa shape index (κ3) is 2.38. The first-order chi connectivity index (χ1) is 9.19. The Kier molecular flexibility index (Phi) is 3.60. The van der Waals surface area contributed by atoms with Crippen LogP contribution in [0.25, 0.3) is 0 Å². The zero-order chi connectivity index (χ0) is 12.9. The maximum Gasteiger partial charge on any atom is 0.0237 e. The van der Waals surface area contributed by atoms with Crippen LogP contribution >= 0.6 is 12.4 Å². The van der Waals surface area contributed by atoms with E-state index in [1.54, 1.807) is 11.1 Å². The van der Waals surface area contributed by atoms with Crippen LogP contribution in [0.4, 0.5) is 0 Å². The molecule has 2 fully saturated rings. The van der Waals surface area contributed by atoms with E-state index in [0.29, 0.717) is 10.8 Å². The molecular formula is C17H25ClN2. The Hall–Kier alpha value is -0.570. The highest BCUT2D eigenvalue weighted by Crippen LogP contribution is 2.52. The molecule has 3 aliphatic rings. The lowest BCUT2D eigenvalue weighted by molar-refractivity contribution is 0.146. The van der Waals surface area contributed by atoms with Crippen LogP contribution in [0, 0.1) is 5.41 Å². The molecule has 1 aliphatic carbocycles. The van der Waals surface area contributed by atoms with Crippen molar-refractivity contribution in [2.75, 3.05) is 26.2 Å². The smallest absolute Gasteiger partial charge is 0.0237 e. The van der Waals surface area contributed by atoms with Crippen molar-refractivity contribution in [3.8, 4) is 0 Å². The third-order valence-electron chi connectivity index (χ3n) is 5.42. The molecule has 0 bridgehead atoms. The van der Waals surface area contributed by atoms with Crippen molar-refractivity contribution in [1.82, 2.24) is 10.2 Å². The van der Waals surface area contributed by atoms with Gasteiger partial charge in [0.1, 0.15) is 0 Å². The van der Waals surface area contributed by atoms with Gasteiger partial charge in [-0.1, -0.05) is 31.2 Å². The van der Waals surface area contributed by atoms with Crippen molar-refractivity contribution in [1.29, 1.82) is 0 Å². The summed E-state index contributed by atoms with van der Waals surface area (Å²) in [6.45, 7) is 8.56. The molecule has 2 heterocycles. The Bertz CT molecular complexity index is 490. The first kappa shape index (κ1) is 14.4. The summed E-state index contributed by atoms with van der Waals surface area (Å²) in [6.07, 6.45) is 4.13. The van der Waals surface area contributed by atoms with Crippen molar-refractivity contribution in [3.05, 3.63) is 35.4 Å². The maximum absolute atomic E-state index is 3.53. The number of benzene rings is 1. The number of nitrogens with one attached hydrogen (secondary N) is 1. The predicted octanol–water partition coefficient (Wildman–Crippen LogP) is 2.96. The molecule has 2 nitrogen and oxygen atoms in total. The largest absolute Gasteiger partial charge is 0.316 e. The second-order valence-corrected chi connectivity index (χ2v) is 7.32. The van der Waals surface area contributed by atoms with Crippen molar-refractivity contribution in [2.45, 2.75) is 38.1 Å². The van der Waals surface area contributed by atoms with Crippen LogP contribution < -0.4 is 5.32 Å². The predicted molar refractivity (Wildman–Crippen MR) is 85.5 cm³/mol. The molecule has 1 aromatic carbocycles. The maximum atomic E-state index is 3.53. The van der Waals surface area contributed by atoms with Crippen LogP contribution in [0.2, 0.25) is 0 Å². The standard InChI is InChI=1S/C17H24N2.ClH/c1-16(8-9-18-11-16)12-19-10-14-4-2-3-5-15(14)17(13-19)6-7-17;/h2-5,18H,6-13H2,1H3;1H. The van der Waals surface area contributed by atoms with E-state index in [2.05, 4.69) is 41.4 Å². The Balaban J connectivity index is 0.00000121. The average molecular weight is 293 g/mol. The van der Waals surface area contributed by atoms with Crippen LogP contribution in [0.15, 0.2) is 24.3 Å². The molecule has 1 aromatic rings. The number of nitrogens with zero attached hydrogens (tertiary/aromatic N) is 1. The molecular weight excluding hydrogens is 268 g/mol. The van der Waals surface area contributed by atoms with Gasteiger partial charge >= 0.3 is 0 Å². The molecule has 0 aromatic heterocycles. The fourth-order valence-corrected chi connectivity index (χ4v) is 4.22. The van der Waals surface area contributed by atoms with E-state index in [9.17, 15) is 0 Å². The molecule has 1 saturated heterocycles. The minimum Gasteiger partial charge on any atom is -0.316 e. The van der Waals surface area contributed by atoms with Crippen molar-refractivity contribution < 1.29 is 0 Å². The minimum atomic E-state index is 0. The summed E-state index contributed by atoms with van der Waals surface area (Å²) >= 11 is 0. The number of hydrogen-bond acceptors (Lipinski definition) is 2. The summed E-state index contributed by atoms with van der Waals surface area (Å²) in [4.78, 5) is 2.72. The summed E-state index contributed by atoms with van der Waals surface area (Å²) in [5.41, 5.74) is 4.25. The first-order valence-electron chi connectivity index (χ1n) is 7.71. The van der Waals surface area contributed by atoms with Gasteiger partial charge in [-0.15, -0.1) is 12.4 Å². The Morgan fingerprint density at radius 3 is 2.70 bits per heavy atom. The van der Waals surface area contributed by atoms with Crippen LogP contribution in [0.3, 0.4) is 0 Å². The topological polar surface area (TPSA) is 15.3 Å². The molecule has 110 valence electrons. The van der Waals surface area contributed by atoms with Crippen LogP contribution in [0.1, 0.15) is 37.3 Å². The van der Waals surface area contributed by atoms with Crippen molar-refractivity contribution in [2.24, 2.45) is 5.41 Å². The molecule has 1 spiro atoms. The van der Waals surface area contributed by atoms with Crippen LogP contribution in [-0.2, 0) is 12.0 Å². The highest BCUT2D eigenvalue weighted by molar-refractivity contribution is 5.85. The summed E-state index contributed by atoms with van der Waals surface area (Å²) in [7, 11) is 0. The molecule has 0 amide bonds. The van der Waals surface area contributed by atoms with Gasteiger partial charge in [0.2, 0.25) is 0 Å². The van der Waals surface area contributed by atoms with Gasteiger partial charge in [0.25, 0.3) is 0 Å². The highest BCUT2D eigenvalue weighted by atomic mass is 35.5. The molecule has 1 saturated carbocycles. The molecule has 1 atom stereocenters. The molecule has 0 radical (unpaired) electrons. The van der Waals surface area contributed by atoms with E-state index in [4.69, 9.17) is 0 Å². The Morgan fingerprint density at radius 1 is 1.20 bits per heavy atom. The fraction of sp³-hybridized carbons (Fsp3) is 0.647. The van der Waals surface area contributed by atoms with E-state index in [-0.39, 0.29) is 12.4 Å². The summed E-state index contributed by atoms with van der Waals surface area (Å²) in [5.74, 6) is 0. The number of fused-ring (bicyclic) bond motifs is 2. The molecule has 4 rings (SSSR count). The number of rotatable bonds is 2. The number of halogens is 1. The first-order valence-corrected chi connectivity index (χ1v) is 7.71. The van der Waals surface area contributed by atoms with E-state index >= 15 is 0 Å². The lowest BCUT2D eigenvalue weighted by Gasteiger charge is -2.39. The minimum absolute atomic E-state index is 0. The van der Waals surface area contributed by atoms with E-state index < -0.39 is 0 Å². The second-order valence-electron chi connectivity index (χ2n) is 7.32. The molecule has 1 unspecified atom stereocenters. The Labute approximate surface area is 128 Å². The normalized spacial score (nSPS) is 30.9. The fourth-order valence-electron chi connectivity index (χ4n) is 4.22. The summed E-state index contributed by atoms with van der Waals surface area (Å²) in [6, 6.07) is 9.14. The lowest BCUT2D eigenvalue weighted by Crippen LogP contribution is -2.44. The average Bonchev–Trinajstić information content (AvgIpc) is 3.03. The second kappa shape index (κ2) is 5.01. The van der Waals surface area contributed by atoms with Crippen LogP contribution in [-0.4, -0.2) is 31.1 Å². The zero-order valence-electron chi connectivity index (χ0n) is 12.3. The van der Waals surface area contributed by atoms with Gasteiger partial charge in [0.05, 0.1) is 0 Å². The highest BCUT2D eigenvalue weighted by Gasteiger charge is 2.49. The third-order valence-corrected chi connectivity index (χ3v) is 5.42. The molecule has 2 aliphatic heterocycles. The van der Waals surface area contributed by atoms with Crippen LogP contribution in [0.5, 0.6) is 0 Å². The Morgan fingerprint density at radius 2 is 2.00 bits per heavy atom. The lowest BCUT2D eigenvalue weighted by atomic mass is 9.84. The van der Waals surface area contributed by atoms with Gasteiger partial charge in [0, 0.05) is 31.6 Å². The summed E-state index contributed by atoms with van der Waals surface area (Å²) < 4.78 is 0. The molecule has 1 N–H and O–H groups in total. The zero-order valence-corrected chi connectivity index (χ0v) is 13.1. The SMILES string of the molecule is CC1(CN2Cc3ccccc3C3(CC3)C2)CCNC1.Cl. The van der Waals surface area contributed by atoms with E-state index in [1.165, 1.54) is 45.4 Å². The van der Waals surface area contributed by atoms with Gasteiger partial charge in [-0.3, -0.25) is 4.90 Å². The van der Waals surface area contributed by atoms with Gasteiger partial charge in [-0.25, -0.2) is 0 Å². The van der Waals surface area contributed by atoms with Gasteiger partial charge in [-0.05, 0) is 42.3 Å².